The number of benzene rings is 2. The Kier molecular flexibility index (Phi) is 7.89. The van der Waals surface area contributed by atoms with Crippen LogP contribution in [-0.4, -0.2) is 65.4 Å². The average Bonchev–Trinajstić information content (AvgIpc) is 2.76. The molecule has 0 heterocycles. The molecule has 0 aromatic heterocycles. The molecule has 1 amide bonds. The molecule has 2 rings (SSSR count). The third-order valence-electron chi connectivity index (χ3n) is 4.26. The highest BCUT2D eigenvalue weighted by Crippen LogP contribution is 2.22. The Morgan fingerprint density at radius 1 is 0.969 bits per heavy atom. The molecule has 0 unspecified atom stereocenters. The zero-order chi connectivity index (χ0) is 24.1. The van der Waals surface area contributed by atoms with E-state index in [1.165, 1.54) is 51.5 Å². The van der Waals surface area contributed by atoms with E-state index in [-0.39, 0.29) is 22.5 Å². The SMILES string of the molecule is COC(=O)c1ccc(C(=O)OC)c(NC(=O)CN(c2ccc(F)cc2)S(=O)(=O)N(C)C)c1. The summed E-state index contributed by atoms with van der Waals surface area (Å²) < 4.78 is 49.8. The Bertz CT molecular complexity index is 1120. The maximum absolute atomic E-state index is 13.3. The van der Waals surface area contributed by atoms with E-state index < -0.39 is 40.4 Å². The largest absolute Gasteiger partial charge is 0.465 e. The molecule has 0 atom stereocenters. The Balaban J connectivity index is 2.41. The number of nitrogens with zero attached hydrogens (tertiary/aromatic N) is 2. The van der Waals surface area contributed by atoms with Crippen molar-refractivity contribution in [3.63, 3.8) is 0 Å². The van der Waals surface area contributed by atoms with Crippen LogP contribution in [0.15, 0.2) is 42.5 Å². The fourth-order valence-electron chi connectivity index (χ4n) is 2.61. The van der Waals surface area contributed by atoms with Gasteiger partial charge in [-0.2, -0.15) is 12.7 Å². The Morgan fingerprint density at radius 2 is 1.56 bits per heavy atom. The van der Waals surface area contributed by atoms with Gasteiger partial charge in [-0.25, -0.2) is 18.3 Å². The van der Waals surface area contributed by atoms with Crippen LogP contribution in [0.1, 0.15) is 20.7 Å². The smallest absolute Gasteiger partial charge is 0.339 e. The van der Waals surface area contributed by atoms with Crippen molar-refractivity contribution in [3.8, 4) is 0 Å². The lowest BCUT2D eigenvalue weighted by molar-refractivity contribution is -0.114. The minimum Gasteiger partial charge on any atom is -0.465 e. The molecule has 0 aliphatic rings. The summed E-state index contributed by atoms with van der Waals surface area (Å²) in [5.74, 6) is -2.90. The molecule has 12 heteroatoms. The number of halogens is 1. The van der Waals surface area contributed by atoms with Crippen molar-refractivity contribution in [1.29, 1.82) is 0 Å². The Hall–Kier alpha value is -3.51. The van der Waals surface area contributed by atoms with Gasteiger partial charge in [0.05, 0.1) is 36.7 Å². The fraction of sp³-hybridized carbons (Fsp3) is 0.250. The van der Waals surface area contributed by atoms with Crippen LogP contribution in [-0.2, 0) is 24.5 Å². The van der Waals surface area contributed by atoms with Crippen molar-refractivity contribution in [2.45, 2.75) is 0 Å². The van der Waals surface area contributed by atoms with E-state index in [1.54, 1.807) is 0 Å². The molecule has 2 aromatic carbocycles. The first-order chi connectivity index (χ1) is 15.0. The van der Waals surface area contributed by atoms with Crippen LogP contribution in [0.4, 0.5) is 15.8 Å². The van der Waals surface area contributed by atoms with Crippen molar-refractivity contribution >= 4 is 39.4 Å². The molecule has 0 aliphatic carbocycles. The molecule has 2 aromatic rings. The highest BCUT2D eigenvalue weighted by Gasteiger charge is 2.28. The third kappa shape index (κ3) is 5.59. The van der Waals surface area contributed by atoms with E-state index in [0.29, 0.717) is 0 Å². The maximum atomic E-state index is 13.3. The molecule has 172 valence electrons. The second-order valence-electron chi connectivity index (χ2n) is 6.56. The topological polar surface area (TPSA) is 122 Å². The number of amides is 1. The van der Waals surface area contributed by atoms with Gasteiger partial charge in [0.15, 0.2) is 0 Å². The van der Waals surface area contributed by atoms with E-state index >= 15 is 0 Å². The highest BCUT2D eigenvalue weighted by molar-refractivity contribution is 7.90. The van der Waals surface area contributed by atoms with E-state index in [2.05, 4.69) is 14.8 Å². The number of rotatable bonds is 8. The van der Waals surface area contributed by atoms with Crippen LogP contribution in [0.3, 0.4) is 0 Å². The summed E-state index contributed by atoms with van der Waals surface area (Å²) in [6.45, 7) is -0.699. The number of hydrogen-bond acceptors (Lipinski definition) is 7. The van der Waals surface area contributed by atoms with Gasteiger partial charge in [0, 0.05) is 14.1 Å². The first-order valence-electron chi connectivity index (χ1n) is 9.07. The van der Waals surface area contributed by atoms with E-state index in [9.17, 15) is 27.2 Å². The van der Waals surface area contributed by atoms with Gasteiger partial charge < -0.3 is 14.8 Å². The Labute approximate surface area is 184 Å². The molecular weight excluding hydrogens is 445 g/mol. The number of carbonyl (C=O) groups excluding carboxylic acids is 3. The zero-order valence-corrected chi connectivity index (χ0v) is 18.6. The summed E-state index contributed by atoms with van der Waals surface area (Å²) in [7, 11) is 0.731. The van der Waals surface area contributed by atoms with Crippen molar-refractivity contribution < 1.29 is 36.7 Å². The quantitative estimate of drug-likeness (QED) is 0.586. The number of hydrogen-bond donors (Lipinski definition) is 1. The molecule has 32 heavy (non-hydrogen) atoms. The number of nitrogens with one attached hydrogen (secondary N) is 1. The lowest BCUT2D eigenvalue weighted by Crippen LogP contribution is -2.44. The summed E-state index contributed by atoms with van der Waals surface area (Å²) in [5.41, 5.74) is -0.0399. The van der Waals surface area contributed by atoms with Crippen LogP contribution in [0.25, 0.3) is 0 Å². The minimum atomic E-state index is -4.13. The first kappa shape index (κ1) is 24.8. The molecule has 0 saturated heterocycles. The third-order valence-corrected chi connectivity index (χ3v) is 6.08. The number of esters is 2. The standard InChI is InChI=1S/C20H22FN3O7S/c1-23(2)32(28,29)24(15-8-6-14(21)7-9-15)12-18(25)22-17-11-13(19(26)30-3)5-10-16(17)20(27)31-4/h5-11H,12H2,1-4H3,(H,22,25). The first-order valence-corrected chi connectivity index (χ1v) is 10.5. The van der Waals surface area contributed by atoms with Gasteiger partial charge in [-0.05, 0) is 42.5 Å². The summed E-state index contributed by atoms with van der Waals surface area (Å²) >= 11 is 0. The summed E-state index contributed by atoms with van der Waals surface area (Å²) in [6.07, 6.45) is 0. The van der Waals surface area contributed by atoms with Gasteiger partial charge in [0.2, 0.25) is 5.91 Å². The van der Waals surface area contributed by atoms with E-state index in [1.807, 2.05) is 0 Å². The number of methoxy groups -OCH3 is 2. The van der Waals surface area contributed by atoms with Gasteiger partial charge in [0.25, 0.3) is 0 Å². The van der Waals surface area contributed by atoms with Crippen molar-refractivity contribution in [2.75, 3.05) is 44.5 Å². The molecule has 0 radical (unpaired) electrons. The normalized spacial score (nSPS) is 11.1. The molecule has 1 N–H and O–H groups in total. The number of ether oxygens (including phenoxy) is 2. The summed E-state index contributed by atoms with van der Waals surface area (Å²) in [6, 6.07) is 8.32. The zero-order valence-electron chi connectivity index (χ0n) is 17.8. The van der Waals surface area contributed by atoms with Crippen LogP contribution in [0.2, 0.25) is 0 Å². The van der Waals surface area contributed by atoms with Crippen molar-refractivity contribution in [1.82, 2.24) is 4.31 Å². The van der Waals surface area contributed by atoms with Gasteiger partial charge in [-0.1, -0.05) is 0 Å². The second-order valence-corrected chi connectivity index (χ2v) is 8.63. The molecule has 10 nitrogen and oxygen atoms in total. The molecule has 0 aliphatic heterocycles. The lowest BCUT2D eigenvalue weighted by atomic mass is 10.1. The molecule has 0 saturated carbocycles. The number of carbonyl (C=O) groups is 3. The predicted molar refractivity (Wildman–Crippen MR) is 114 cm³/mol. The lowest BCUT2D eigenvalue weighted by Gasteiger charge is -2.27. The van der Waals surface area contributed by atoms with E-state index in [4.69, 9.17) is 0 Å². The van der Waals surface area contributed by atoms with Gasteiger partial charge in [-0.3, -0.25) is 4.79 Å². The Morgan fingerprint density at radius 3 is 2.09 bits per heavy atom. The maximum Gasteiger partial charge on any atom is 0.339 e. The van der Waals surface area contributed by atoms with E-state index in [0.717, 1.165) is 27.9 Å². The van der Waals surface area contributed by atoms with Crippen LogP contribution >= 0.6 is 0 Å². The van der Waals surface area contributed by atoms with Gasteiger partial charge in [-0.15, -0.1) is 0 Å². The monoisotopic (exact) mass is 467 g/mol. The average molecular weight is 467 g/mol. The molecule has 0 bridgehead atoms. The highest BCUT2D eigenvalue weighted by atomic mass is 32.2. The van der Waals surface area contributed by atoms with Gasteiger partial charge >= 0.3 is 22.1 Å². The van der Waals surface area contributed by atoms with Crippen LogP contribution < -0.4 is 9.62 Å². The fourth-order valence-corrected chi connectivity index (χ4v) is 3.67. The van der Waals surface area contributed by atoms with Crippen LogP contribution in [0.5, 0.6) is 0 Å². The molecular formula is C20H22FN3O7S. The van der Waals surface area contributed by atoms with Crippen molar-refractivity contribution in [2.24, 2.45) is 0 Å². The summed E-state index contributed by atoms with van der Waals surface area (Å²) in [5, 5.41) is 2.42. The number of anilines is 2. The second kappa shape index (κ2) is 10.2. The van der Waals surface area contributed by atoms with Crippen molar-refractivity contribution in [3.05, 3.63) is 59.4 Å². The summed E-state index contributed by atoms with van der Waals surface area (Å²) in [4.78, 5) is 36.6. The van der Waals surface area contributed by atoms with Gasteiger partial charge in [0.1, 0.15) is 12.4 Å². The molecule has 0 spiro atoms. The molecule has 0 fully saturated rings. The minimum absolute atomic E-state index is 0.0479. The predicted octanol–water partition coefficient (Wildman–Crippen LogP) is 1.65. The van der Waals surface area contributed by atoms with Crippen LogP contribution in [0, 0.1) is 5.82 Å².